The number of ether oxygens (including phenoxy) is 4. The molecule has 32 heavy (non-hydrogen) atoms. The number of carbonyl (C=O) groups is 2. The molecular weight excluding hydrogens is 416 g/mol. The molecule has 5 rings (SSSR count). The fraction of sp³-hybridized carbons (Fsp3) is 0.652. The van der Waals surface area contributed by atoms with Crippen LogP contribution in [0.3, 0.4) is 0 Å². The quantitative estimate of drug-likeness (QED) is 0.716. The Hall–Kier alpha value is -2.36. The number of carbonyl (C=O) groups excluding carboxylic acids is 2. The minimum Gasteiger partial charge on any atom is -0.454 e. The Morgan fingerprint density at radius 1 is 1.09 bits per heavy atom. The van der Waals surface area contributed by atoms with Crippen molar-refractivity contribution in [2.45, 2.75) is 68.9 Å². The number of hydrogen-bond acceptors (Lipinski definition) is 7. The Morgan fingerprint density at radius 3 is 2.75 bits per heavy atom. The smallest absolute Gasteiger partial charge is 0.254 e. The summed E-state index contributed by atoms with van der Waals surface area (Å²) in [6.45, 7) is 0.698. The van der Waals surface area contributed by atoms with Gasteiger partial charge in [-0.15, -0.1) is 0 Å². The van der Waals surface area contributed by atoms with E-state index >= 15 is 0 Å². The lowest BCUT2D eigenvalue weighted by Crippen LogP contribution is -2.57. The van der Waals surface area contributed by atoms with Gasteiger partial charge in [0.25, 0.3) is 5.91 Å². The Morgan fingerprint density at radius 2 is 1.94 bits per heavy atom. The highest BCUT2D eigenvalue weighted by Gasteiger charge is 2.40. The third kappa shape index (κ3) is 4.55. The minimum atomic E-state index is -0.778. The molecule has 1 aliphatic carbocycles. The van der Waals surface area contributed by atoms with Crippen molar-refractivity contribution in [3.63, 3.8) is 0 Å². The monoisotopic (exact) mass is 446 g/mol. The number of amides is 2. The van der Waals surface area contributed by atoms with Crippen LogP contribution < -0.4 is 14.8 Å². The summed E-state index contributed by atoms with van der Waals surface area (Å²) in [5.41, 5.74) is 0.476. The maximum Gasteiger partial charge on any atom is 0.254 e. The molecule has 1 aromatic rings. The number of hydrogen-bond donors (Lipinski definition) is 2. The molecule has 0 radical (unpaired) electrons. The predicted molar refractivity (Wildman–Crippen MR) is 113 cm³/mol. The van der Waals surface area contributed by atoms with Gasteiger partial charge < -0.3 is 34.3 Å². The maximum absolute atomic E-state index is 13.4. The summed E-state index contributed by atoms with van der Waals surface area (Å²) in [5.74, 6) is 0.989. The van der Waals surface area contributed by atoms with Crippen LogP contribution >= 0.6 is 0 Å². The van der Waals surface area contributed by atoms with Crippen molar-refractivity contribution in [3.8, 4) is 11.5 Å². The molecule has 0 aromatic heterocycles. The first-order chi connectivity index (χ1) is 15.6. The van der Waals surface area contributed by atoms with E-state index in [9.17, 15) is 14.7 Å². The van der Waals surface area contributed by atoms with E-state index in [1.165, 1.54) is 6.42 Å². The molecule has 0 unspecified atom stereocenters. The average Bonchev–Trinajstić information content (AvgIpc) is 3.21. The number of nitrogens with zero attached hydrogens (tertiary/aromatic N) is 1. The van der Waals surface area contributed by atoms with E-state index in [4.69, 9.17) is 18.9 Å². The lowest BCUT2D eigenvalue weighted by atomic mass is 9.92. The van der Waals surface area contributed by atoms with Crippen LogP contribution in [0.1, 0.15) is 48.9 Å². The van der Waals surface area contributed by atoms with Crippen LogP contribution in [0.25, 0.3) is 0 Å². The van der Waals surface area contributed by atoms with Gasteiger partial charge in [-0.05, 0) is 50.3 Å². The summed E-state index contributed by atoms with van der Waals surface area (Å²) in [6, 6.07) is 5.18. The molecule has 3 fully saturated rings. The van der Waals surface area contributed by atoms with Crippen LogP contribution in [0.5, 0.6) is 11.5 Å². The van der Waals surface area contributed by atoms with Crippen LogP contribution in [-0.2, 0) is 14.3 Å². The molecule has 1 aromatic carbocycles. The molecule has 0 bridgehead atoms. The Balaban J connectivity index is 1.28. The number of fused-ring (bicyclic) bond motifs is 2. The molecule has 4 aliphatic rings. The van der Waals surface area contributed by atoms with Gasteiger partial charge in [0.15, 0.2) is 11.5 Å². The highest BCUT2D eigenvalue weighted by molar-refractivity contribution is 5.95. The zero-order chi connectivity index (χ0) is 22.1. The van der Waals surface area contributed by atoms with Gasteiger partial charge in [-0.1, -0.05) is 0 Å². The molecular formula is C23H30N2O7. The highest BCUT2D eigenvalue weighted by Crippen LogP contribution is 2.34. The van der Waals surface area contributed by atoms with E-state index in [1.54, 1.807) is 23.1 Å². The van der Waals surface area contributed by atoms with Crippen LogP contribution in [0.4, 0.5) is 0 Å². The van der Waals surface area contributed by atoms with Crippen LogP contribution in [-0.4, -0.2) is 78.8 Å². The second kappa shape index (κ2) is 9.25. The van der Waals surface area contributed by atoms with E-state index in [-0.39, 0.29) is 56.6 Å². The van der Waals surface area contributed by atoms with E-state index in [0.29, 0.717) is 42.4 Å². The molecule has 9 heteroatoms. The average molecular weight is 447 g/mol. The van der Waals surface area contributed by atoms with Crippen LogP contribution in [0, 0.1) is 0 Å². The fourth-order valence-electron chi connectivity index (χ4n) is 4.82. The predicted octanol–water partition coefficient (Wildman–Crippen LogP) is 1.22. The fourth-order valence-corrected chi connectivity index (χ4v) is 4.82. The highest BCUT2D eigenvalue weighted by atomic mass is 16.7. The van der Waals surface area contributed by atoms with Crippen LogP contribution in [0.2, 0.25) is 0 Å². The first kappa shape index (κ1) is 21.5. The summed E-state index contributed by atoms with van der Waals surface area (Å²) in [4.78, 5) is 27.5. The number of benzene rings is 1. The largest absolute Gasteiger partial charge is 0.454 e. The van der Waals surface area contributed by atoms with Gasteiger partial charge in [0.1, 0.15) is 6.10 Å². The van der Waals surface area contributed by atoms with Crippen molar-refractivity contribution in [1.82, 2.24) is 10.2 Å². The van der Waals surface area contributed by atoms with Crippen molar-refractivity contribution < 1.29 is 33.6 Å². The summed E-state index contributed by atoms with van der Waals surface area (Å²) >= 11 is 0. The molecule has 9 nitrogen and oxygen atoms in total. The lowest BCUT2D eigenvalue weighted by molar-refractivity contribution is -0.151. The second-order valence-electron chi connectivity index (χ2n) is 9.06. The second-order valence-corrected chi connectivity index (χ2v) is 9.06. The van der Waals surface area contributed by atoms with Crippen LogP contribution in [0.15, 0.2) is 18.2 Å². The zero-order valence-corrected chi connectivity index (χ0v) is 18.0. The molecule has 3 heterocycles. The number of nitrogens with one attached hydrogen (secondary N) is 1. The summed E-state index contributed by atoms with van der Waals surface area (Å²) in [5, 5.41) is 13.4. The van der Waals surface area contributed by atoms with Gasteiger partial charge in [-0.3, -0.25) is 9.59 Å². The van der Waals surface area contributed by atoms with Crippen molar-refractivity contribution >= 4 is 11.8 Å². The van der Waals surface area contributed by atoms with Gasteiger partial charge in [0.2, 0.25) is 12.7 Å². The van der Waals surface area contributed by atoms with Crippen molar-refractivity contribution in [2.24, 2.45) is 0 Å². The first-order valence-corrected chi connectivity index (χ1v) is 11.5. The Bertz CT molecular complexity index is 859. The normalized spacial score (nSPS) is 30.0. The zero-order valence-electron chi connectivity index (χ0n) is 18.0. The number of β-amino-alcohol motifs (C(OH)–C–C–N with tert-alkyl or cyclic N) is 1. The molecule has 0 spiro atoms. The maximum atomic E-state index is 13.4. The van der Waals surface area contributed by atoms with E-state index in [1.807, 2.05) is 0 Å². The SMILES string of the molecule is O=C(C[C@@H]1CC[C@H]2[C@@H](COC[C@@H](O)CN2C(=O)c2ccc3c(c2)OCO3)O1)NC1CCC1. The molecule has 2 amide bonds. The molecule has 4 atom stereocenters. The molecule has 1 saturated carbocycles. The van der Waals surface area contributed by atoms with E-state index in [2.05, 4.69) is 5.32 Å². The third-order valence-corrected chi connectivity index (χ3v) is 6.74. The standard InChI is InChI=1S/C23H30N2O7/c26-16-10-25(23(28)14-4-7-19-20(8-14)31-13-30-19)18-6-5-17(32-21(18)12-29-11-16)9-22(27)24-15-2-1-3-15/h4,7-8,15-18,21,26H,1-3,5-6,9-13H2,(H,24,27)/t16-,17-,18-,21+/m0/s1. The minimum absolute atomic E-state index is 0.0219. The van der Waals surface area contributed by atoms with E-state index in [0.717, 1.165) is 12.8 Å². The van der Waals surface area contributed by atoms with E-state index < -0.39 is 6.10 Å². The number of rotatable bonds is 4. The van der Waals surface area contributed by atoms with Gasteiger partial charge in [-0.2, -0.15) is 0 Å². The molecule has 2 N–H and O–H groups in total. The lowest BCUT2D eigenvalue weighted by Gasteiger charge is -2.44. The summed E-state index contributed by atoms with van der Waals surface area (Å²) < 4.78 is 22.6. The van der Waals surface area contributed by atoms with Crippen molar-refractivity contribution in [3.05, 3.63) is 23.8 Å². The van der Waals surface area contributed by atoms with Gasteiger partial charge in [0, 0.05) is 18.2 Å². The summed E-state index contributed by atoms with van der Waals surface area (Å²) in [6.07, 6.45) is 3.61. The van der Waals surface area contributed by atoms with Gasteiger partial charge >= 0.3 is 0 Å². The third-order valence-electron chi connectivity index (χ3n) is 6.74. The number of aliphatic hydroxyl groups is 1. The summed E-state index contributed by atoms with van der Waals surface area (Å²) in [7, 11) is 0. The van der Waals surface area contributed by atoms with Crippen molar-refractivity contribution in [2.75, 3.05) is 26.6 Å². The number of aliphatic hydroxyl groups excluding tert-OH is 1. The first-order valence-electron chi connectivity index (χ1n) is 11.5. The van der Waals surface area contributed by atoms with Gasteiger partial charge in [-0.25, -0.2) is 0 Å². The molecule has 2 saturated heterocycles. The molecule has 3 aliphatic heterocycles. The van der Waals surface area contributed by atoms with Crippen molar-refractivity contribution in [1.29, 1.82) is 0 Å². The Labute approximate surface area is 186 Å². The Kier molecular flexibility index (Phi) is 6.21. The van der Waals surface area contributed by atoms with Gasteiger partial charge in [0.05, 0.1) is 37.9 Å². The topological polar surface area (TPSA) is 107 Å². The molecule has 174 valence electrons.